The zero-order valence-electron chi connectivity index (χ0n) is 32.9. The van der Waals surface area contributed by atoms with Crippen LogP contribution >= 0.6 is 0 Å². The molecule has 0 spiro atoms. The standard InChI is InChI=1S/C58H39NO/c1-2-13-40(14-3-1)41-25-27-43(28-26-41)52-20-9-10-23-56(52)59(50-35-31-44(32-36-50)55-38-46-15-4-6-19-51(46)53-21-7-8-22-54(53)55)49-33-29-42(30-34-49)45-17-12-18-47(37-45)58-39-48-16-5-11-24-57(48)60-58/h1-39H. The van der Waals surface area contributed by atoms with Gasteiger partial charge in [-0.25, -0.2) is 0 Å². The molecule has 282 valence electrons. The first-order valence-corrected chi connectivity index (χ1v) is 20.5. The van der Waals surface area contributed by atoms with Gasteiger partial charge in [-0.3, -0.25) is 0 Å². The van der Waals surface area contributed by atoms with Crippen LogP contribution in [0.4, 0.5) is 17.1 Å². The molecule has 0 amide bonds. The Morgan fingerprint density at radius 1 is 0.283 bits per heavy atom. The van der Waals surface area contributed by atoms with Crippen LogP contribution in [0.2, 0.25) is 0 Å². The lowest BCUT2D eigenvalue weighted by Crippen LogP contribution is -2.11. The zero-order chi connectivity index (χ0) is 39.8. The van der Waals surface area contributed by atoms with Crippen molar-refractivity contribution in [1.82, 2.24) is 0 Å². The lowest BCUT2D eigenvalue weighted by molar-refractivity contribution is 0.631. The zero-order valence-corrected chi connectivity index (χ0v) is 32.9. The molecular weight excluding hydrogens is 727 g/mol. The second-order valence-electron chi connectivity index (χ2n) is 15.3. The second kappa shape index (κ2) is 15.1. The number of fused-ring (bicyclic) bond motifs is 4. The third-order valence-electron chi connectivity index (χ3n) is 11.7. The molecule has 11 rings (SSSR count). The first kappa shape index (κ1) is 35.2. The molecule has 60 heavy (non-hydrogen) atoms. The van der Waals surface area contributed by atoms with E-state index in [0.29, 0.717) is 0 Å². The predicted octanol–water partition coefficient (Wildman–Crippen LogP) is 16.5. The Morgan fingerprint density at radius 2 is 0.800 bits per heavy atom. The molecule has 0 saturated heterocycles. The van der Waals surface area contributed by atoms with Crippen LogP contribution in [-0.4, -0.2) is 0 Å². The molecule has 0 N–H and O–H groups in total. The molecule has 0 radical (unpaired) electrons. The van der Waals surface area contributed by atoms with Crippen LogP contribution in [0.3, 0.4) is 0 Å². The van der Waals surface area contributed by atoms with Crippen molar-refractivity contribution in [3.63, 3.8) is 0 Å². The Labute approximate surface area is 349 Å². The van der Waals surface area contributed by atoms with Crippen molar-refractivity contribution >= 4 is 49.6 Å². The number of benzene rings is 10. The number of hydrogen-bond donors (Lipinski definition) is 0. The number of nitrogens with zero attached hydrogens (tertiary/aromatic N) is 1. The summed E-state index contributed by atoms with van der Waals surface area (Å²) in [6, 6.07) is 84.9. The fourth-order valence-electron chi connectivity index (χ4n) is 8.68. The quantitative estimate of drug-likeness (QED) is 0.143. The normalized spacial score (nSPS) is 11.3. The van der Waals surface area contributed by atoms with E-state index in [0.717, 1.165) is 61.6 Å². The average Bonchev–Trinajstić information content (AvgIpc) is 3.77. The van der Waals surface area contributed by atoms with Crippen LogP contribution < -0.4 is 4.90 Å². The number of anilines is 3. The maximum Gasteiger partial charge on any atom is 0.135 e. The van der Waals surface area contributed by atoms with Gasteiger partial charge in [-0.1, -0.05) is 182 Å². The molecular formula is C58H39NO. The summed E-state index contributed by atoms with van der Waals surface area (Å²) in [4.78, 5) is 2.39. The average molecular weight is 766 g/mol. The minimum absolute atomic E-state index is 0.870. The highest BCUT2D eigenvalue weighted by molar-refractivity contribution is 6.13. The van der Waals surface area contributed by atoms with Crippen LogP contribution in [0.25, 0.3) is 88.3 Å². The van der Waals surface area contributed by atoms with E-state index in [1.54, 1.807) is 0 Å². The molecule has 0 saturated carbocycles. The topological polar surface area (TPSA) is 16.4 Å². The largest absolute Gasteiger partial charge is 0.456 e. The smallest absolute Gasteiger partial charge is 0.135 e. The van der Waals surface area contributed by atoms with Gasteiger partial charge >= 0.3 is 0 Å². The lowest BCUT2D eigenvalue weighted by atomic mass is 9.93. The van der Waals surface area contributed by atoms with Crippen molar-refractivity contribution in [2.24, 2.45) is 0 Å². The number of rotatable bonds is 8. The lowest BCUT2D eigenvalue weighted by Gasteiger charge is -2.28. The molecule has 2 nitrogen and oxygen atoms in total. The first-order chi connectivity index (χ1) is 29.7. The fraction of sp³-hybridized carbons (Fsp3) is 0. The third kappa shape index (κ3) is 6.51. The highest BCUT2D eigenvalue weighted by atomic mass is 16.3. The summed E-state index contributed by atoms with van der Waals surface area (Å²) >= 11 is 0. The fourth-order valence-corrected chi connectivity index (χ4v) is 8.68. The van der Waals surface area contributed by atoms with Gasteiger partial charge in [-0.05, 0) is 115 Å². The van der Waals surface area contributed by atoms with Gasteiger partial charge in [0.05, 0.1) is 5.69 Å². The van der Waals surface area contributed by atoms with Gasteiger partial charge in [-0.15, -0.1) is 0 Å². The Balaban J connectivity index is 1.00. The first-order valence-electron chi connectivity index (χ1n) is 20.5. The minimum atomic E-state index is 0.870. The van der Waals surface area contributed by atoms with Gasteiger partial charge < -0.3 is 9.32 Å². The number of hydrogen-bond acceptors (Lipinski definition) is 2. The van der Waals surface area contributed by atoms with Crippen molar-refractivity contribution in [2.75, 3.05) is 4.90 Å². The number of para-hydroxylation sites is 2. The molecule has 1 heterocycles. The Kier molecular flexibility index (Phi) is 8.87. The summed E-state index contributed by atoms with van der Waals surface area (Å²) in [7, 11) is 0. The SMILES string of the molecule is c1ccc(-c2ccc(-c3ccccc3N(c3ccc(-c4cccc(-c5cc6ccccc6o5)c4)cc3)c3ccc(-c4cc5ccccc5c5ccccc45)cc3)cc2)cc1. The van der Waals surface area contributed by atoms with Crippen molar-refractivity contribution in [1.29, 1.82) is 0 Å². The predicted molar refractivity (Wildman–Crippen MR) is 253 cm³/mol. The molecule has 0 fully saturated rings. The second-order valence-corrected chi connectivity index (χ2v) is 15.3. The summed E-state index contributed by atoms with van der Waals surface area (Å²) in [6.45, 7) is 0. The van der Waals surface area contributed by atoms with Gasteiger partial charge in [0.25, 0.3) is 0 Å². The Morgan fingerprint density at radius 3 is 1.57 bits per heavy atom. The molecule has 0 bridgehead atoms. The maximum absolute atomic E-state index is 6.24. The molecule has 0 atom stereocenters. The molecule has 2 heteroatoms. The van der Waals surface area contributed by atoms with Crippen LogP contribution in [-0.2, 0) is 0 Å². The van der Waals surface area contributed by atoms with Crippen LogP contribution in [0.15, 0.2) is 241 Å². The highest BCUT2D eigenvalue weighted by Crippen LogP contribution is 2.43. The van der Waals surface area contributed by atoms with Gasteiger partial charge in [0.2, 0.25) is 0 Å². The molecule has 0 aliphatic heterocycles. The molecule has 10 aromatic carbocycles. The van der Waals surface area contributed by atoms with E-state index < -0.39 is 0 Å². The Hall–Kier alpha value is -7.94. The van der Waals surface area contributed by atoms with E-state index in [2.05, 4.69) is 223 Å². The van der Waals surface area contributed by atoms with E-state index in [-0.39, 0.29) is 0 Å². The van der Waals surface area contributed by atoms with Gasteiger partial charge in [-0.2, -0.15) is 0 Å². The summed E-state index contributed by atoms with van der Waals surface area (Å²) in [5.41, 5.74) is 14.6. The number of furan rings is 1. The van der Waals surface area contributed by atoms with Crippen molar-refractivity contribution < 1.29 is 4.42 Å². The van der Waals surface area contributed by atoms with Crippen LogP contribution in [0, 0.1) is 0 Å². The van der Waals surface area contributed by atoms with Crippen molar-refractivity contribution in [2.45, 2.75) is 0 Å². The van der Waals surface area contributed by atoms with Crippen molar-refractivity contribution in [3.05, 3.63) is 237 Å². The molecule has 0 aliphatic carbocycles. The summed E-state index contributed by atoms with van der Waals surface area (Å²) in [6.07, 6.45) is 0. The van der Waals surface area contributed by atoms with Gasteiger partial charge in [0.15, 0.2) is 0 Å². The summed E-state index contributed by atoms with van der Waals surface area (Å²) in [5, 5.41) is 6.15. The van der Waals surface area contributed by atoms with Gasteiger partial charge in [0, 0.05) is 27.9 Å². The Bertz CT molecular complexity index is 3260. The molecule has 0 unspecified atom stereocenters. The molecule has 11 aromatic rings. The van der Waals surface area contributed by atoms with E-state index in [1.807, 2.05) is 18.2 Å². The monoisotopic (exact) mass is 765 g/mol. The van der Waals surface area contributed by atoms with Crippen LogP contribution in [0.5, 0.6) is 0 Å². The molecule has 1 aromatic heterocycles. The van der Waals surface area contributed by atoms with E-state index in [1.165, 1.54) is 43.8 Å². The van der Waals surface area contributed by atoms with Crippen molar-refractivity contribution in [3.8, 4) is 55.8 Å². The van der Waals surface area contributed by atoms with Gasteiger partial charge in [0.1, 0.15) is 11.3 Å². The summed E-state index contributed by atoms with van der Waals surface area (Å²) < 4.78 is 6.24. The minimum Gasteiger partial charge on any atom is -0.456 e. The maximum atomic E-state index is 6.24. The van der Waals surface area contributed by atoms with Crippen LogP contribution in [0.1, 0.15) is 0 Å². The van der Waals surface area contributed by atoms with E-state index >= 15 is 0 Å². The molecule has 0 aliphatic rings. The summed E-state index contributed by atoms with van der Waals surface area (Å²) in [5.74, 6) is 0.870. The third-order valence-corrected chi connectivity index (χ3v) is 11.7. The van der Waals surface area contributed by atoms with E-state index in [4.69, 9.17) is 4.42 Å². The highest BCUT2D eigenvalue weighted by Gasteiger charge is 2.19. The van der Waals surface area contributed by atoms with E-state index in [9.17, 15) is 0 Å².